The molecular weight excluding hydrogens is 328 g/mol. The molecule has 8 heteroatoms. The molecule has 1 atom stereocenters. The zero-order valence-electron chi connectivity index (χ0n) is 13.7. The number of carbonyl (C=O) groups is 1. The Hall–Kier alpha value is -2.19. The highest BCUT2D eigenvalue weighted by atomic mass is 32.2. The average molecular weight is 348 g/mol. The lowest BCUT2D eigenvalue weighted by molar-refractivity contribution is -0.132. The van der Waals surface area contributed by atoms with E-state index in [1.165, 1.54) is 26.3 Å². The number of likely N-dealkylation sites (N-methyl/N-ethyl adjacent to an activating group) is 1. The molecule has 3 rings (SSSR count). The standard InChI is InChI=1S/C16H20N4O3S/c1-18(2)16(21)15-9-6-10-20(15)24(22,23)14-11-17-19(12-14)13-7-4-3-5-8-13/h3-5,7-8,11-12,15H,6,9-10H2,1-2H3. The van der Waals surface area contributed by atoms with E-state index in [4.69, 9.17) is 0 Å². The van der Waals surface area contributed by atoms with Gasteiger partial charge in [-0.1, -0.05) is 18.2 Å². The molecular formula is C16H20N4O3S. The lowest BCUT2D eigenvalue weighted by atomic mass is 10.2. The summed E-state index contributed by atoms with van der Waals surface area (Å²) in [5, 5.41) is 4.14. The number of hydrogen-bond acceptors (Lipinski definition) is 4. The third kappa shape index (κ3) is 2.94. The maximum atomic E-state index is 12.9. The van der Waals surface area contributed by atoms with Crippen LogP contribution in [0.15, 0.2) is 47.6 Å². The number of sulfonamides is 1. The molecule has 0 radical (unpaired) electrons. The third-order valence-electron chi connectivity index (χ3n) is 4.12. The van der Waals surface area contributed by atoms with Crippen molar-refractivity contribution >= 4 is 15.9 Å². The number of rotatable bonds is 4. The highest BCUT2D eigenvalue weighted by molar-refractivity contribution is 7.89. The van der Waals surface area contributed by atoms with Crippen LogP contribution in [0.4, 0.5) is 0 Å². The van der Waals surface area contributed by atoms with E-state index in [1.54, 1.807) is 14.1 Å². The minimum absolute atomic E-state index is 0.102. The monoisotopic (exact) mass is 348 g/mol. The quantitative estimate of drug-likeness (QED) is 0.830. The SMILES string of the molecule is CN(C)C(=O)C1CCCN1S(=O)(=O)c1cnn(-c2ccccc2)c1. The second-order valence-corrected chi connectivity index (χ2v) is 7.85. The van der Waals surface area contributed by atoms with Crippen molar-refractivity contribution in [1.82, 2.24) is 19.0 Å². The molecule has 1 aliphatic heterocycles. The van der Waals surface area contributed by atoms with Crippen LogP contribution < -0.4 is 0 Å². The highest BCUT2D eigenvalue weighted by Crippen LogP contribution is 2.27. The van der Waals surface area contributed by atoms with E-state index < -0.39 is 16.1 Å². The second-order valence-electron chi connectivity index (χ2n) is 5.96. The Kier molecular flexibility index (Phi) is 4.42. The van der Waals surface area contributed by atoms with Crippen LogP contribution in [0.5, 0.6) is 0 Å². The van der Waals surface area contributed by atoms with Crippen molar-refractivity contribution in [2.75, 3.05) is 20.6 Å². The molecule has 1 amide bonds. The predicted octanol–water partition coefficient (Wildman–Crippen LogP) is 1.11. The van der Waals surface area contributed by atoms with E-state index in [2.05, 4.69) is 5.10 Å². The van der Waals surface area contributed by atoms with Crippen molar-refractivity contribution in [2.24, 2.45) is 0 Å². The van der Waals surface area contributed by atoms with Crippen molar-refractivity contribution in [3.63, 3.8) is 0 Å². The van der Waals surface area contributed by atoms with Crippen LogP contribution in [0.2, 0.25) is 0 Å². The topological polar surface area (TPSA) is 75.5 Å². The van der Waals surface area contributed by atoms with Crippen molar-refractivity contribution in [2.45, 2.75) is 23.8 Å². The number of amides is 1. The summed E-state index contributed by atoms with van der Waals surface area (Å²) < 4.78 is 28.6. The number of aromatic nitrogens is 2. The fourth-order valence-electron chi connectivity index (χ4n) is 2.87. The zero-order valence-corrected chi connectivity index (χ0v) is 14.5. The van der Waals surface area contributed by atoms with Crippen molar-refractivity contribution < 1.29 is 13.2 Å². The minimum Gasteiger partial charge on any atom is -0.347 e. The Morgan fingerprint density at radius 2 is 1.96 bits per heavy atom. The fraction of sp³-hybridized carbons (Fsp3) is 0.375. The molecule has 128 valence electrons. The summed E-state index contributed by atoms with van der Waals surface area (Å²) in [5.41, 5.74) is 0.779. The van der Waals surface area contributed by atoms with Crippen molar-refractivity contribution in [3.8, 4) is 5.69 Å². The molecule has 2 heterocycles. The summed E-state index contributed by atoms with van der Waals surface area (Å²) in [6.45, 7) is 0.350. The molecule has 1 saturated heterocycles. The van der Waals surface area contributed by atoms with Gasteiger partial charge in [0, 0.05) is 20.6 Å². The van der Waals surface area contributed by atoms with Gasteiger partial charge in [0.15, 0.2) is 0 Å². The van der Waals surface area contributed by atoms with E-state index in [0.29, 0.717) is 19.4 Å². The first-order valence-electron chi connectivity index (χ1n) is 7.74. The van der Waals surface area contributed by atoms with Gasteiger partial charge in [-0.2, -0.15) is 9.40 Å². The van der Waals surface area contributed by atoms with Gasteiger partial charge in [0.05, 0.1) is 18.1 Å². The summed E-state index contributed by atoms with van der Waals surface area (Å²) >= 11 is 0. The summed E-state index contributed by atoms with van der Waals surface area (Å²) in [6, 6.07) is 8.65. The Balaban J connectivity index is 1.91. The molecule has 0 saturated carbocycles. The van der Waals surface area contributed by atoms with Gasteiger partial charge in [-0.3, -0.25) is 4.79 Å². The molecule has 7 nitrogen and oxygen atoms in total. The van der Waals surface area contributed by atoms with Crippen LogP contribution in [-0.4, -0.2) is 60.0 Å². The lowest BCUT2D eigenvalue weighted by Gasteiger charge is -2.24. The van der Waals surface area contributed by atoms with Crippen molar-refractivity contribution in [3.05, 3.63) is 42.7 Å². The number of hydrogen-bond donors (Lipinski definition) is 0. The first-order chi connectivity index (χ1) is 11.4. The molecule has 0 spiro atoms. The Bertz CT molecular complexity index is 830. The molecule has 0 bridgehead atoms. The maximum absolute atomic E-state index is 12.9. The number of para-hydroxylation sites is 1. The summed E-state index contributed by atoms with van der Waals surface area (Å²) in [5.74, 6) is -0.188. The maximum Gasteiger partial charge on any atom is 0.246 e. The molecule has 1 fully saturated rings. The largest absolute Gasteiger partial charge is 0.347 e. The Morgan fingerprint density at radius 1 is 1.25 bits per heavy atom. The van der Waals surface area contributed by atoms with Gasteiger partial charge < -0.3 is 4.90 Å². The lowest BCUT2D eigenvalue weighted by Crippen LogP contribution is -2.45. The zero-order chi connectivity index (χ0) is 17.3. The molecule has 1 aromatic heterocycles. The van der Waals surface area contributed by atoms with Crippen LogP contribution in [0.1, 0.15) is 12.8 Å². The molecule has 0 N–H and O–H groups in total. The Labute approximate surface area is 141 Å². The molecule has 24 heavy (non-hydrogen) atoms. The first-order valence-corrected chi connectivity index (χ1v) is 9.18. The predicted molar refractivity (Wildman–Crippen MR) is 89.2 cm³/mol. The molecule has 2 aromatic rings. The normalized spacial score (nSPS) is 18.7. The van der Waals surface area contributed by atoms with Gasteiger partial charge in [-0.15, -0.1) is 0 Å². The van der Waals surface area contributed by atoms with E-state index in [1.807, 2.05) is 30.3 Å². The smallest absolute Gasteiger partial charge is 0.246 e. The molecule has 1 aliphatic rings. The fourth-order valence-corrected chi connectivity index (χ4v) is 4.45. The van der Waals surface area contributed by atoms with Gasteiger partial charge in [-0.05, 0) is 25.0 Å². The molecule has 0 aliphatic carbocycles. The second kappa shape index (κ2) is 6.37. The van der Waals surface area contributed by atoms with Gasteiger partial charge in [0.25, 0.3) is 0 Å². The van der Waals surface area contributed by atoms with Crippen LogP contribution >= 0.6 is 0 Å². The van der Waals surface area contributed by atoms with E-state index in [0.717, 1.165) is 5.69 Å². The number of carbonyl (C=O) groups excluding carboxylic acids is 1. The van der Waals surface area contributed by atoms with Gasteiger partial charge in [0.2, 0.25) is 15.9 Å². The average Bonchev–Trinajstić information content (AvgIpc) is 3.24. The van der Waals surface area contributed by atoms with Crippen LogP contribution in [0.25, 0.3) is 5.69 Å². The van der Waals surface area contributed by atoms with E-state index in [9.17, 15) is 13.2 Å². The van der Waals surface area contributed by atoms with Crippen LogP contribution in [0.3, 0.4) is 0 Å². The van der Waals surface area contributed by atoms with E-state index in [-0.39, 0.29) is 10.8 Å². The van der Waals surface area contributed by atoms with Crippen LogP contribution in [-0.2, 0) is 14.8 Å². The highest BCUT2D eigenvalue weighted by Gasteiger charge is 2.40. The molecule has 1 unspecified atom stereocenters. The van der Waals surface area contributed by atoms with Gasteiger partial charge in [0.1, 0.15) is 10.9 Å². The van der Waals surface area contributed by atoms with Gasteiger partial charge in [-0.25, -0.2) is 13.1 Å². The summed E-state index contributed by atoms with van der Waals surface area (Å²) in [6.07, 6.45) is 4.04. The summed E-state index contributed by atoms with van der Waals surface area (Å²) in [7, 11) is -0.476. The molecule has 1 aromatic carbocycles. The summed E-state index contributed by atoms with van der Waals surface area (Å²) in [4.78, 5) is 13.8. The minimum atomic E-state index is -3.75. The van der Waals surface area contributed by atoms with Gasteiger partial charge >= 0.3 is 0 Å². The van der Waals surface area contributed by atoms with Crippen LogP contribution in [0, 0.1) is 0 Å². The number of benzene rings is 1. The third-order valence-corrected chi connectivity index (χ3v) is 5.98. The number of nitrogens with zero attached hydrogens (tertiary/aromatic N) is 4. The van der Waals surface area contributed by atoms with Crippen molar-refractivity contribution in [1.29, 1.82) is 0 Å². The first kappa shape index (κ1) is 16.7. The Morgan fingerprint density at radius 3 is 2.62 bits per heavy atom. The van der Waals surface area contributed by atoms with E-state index >= 15 is 0 Å².